The van der Waals surface area contributed by atoms with Crippen molar-refractivity contribution >= 4 is 0 Å². The first kappa shape index (κ1) is 7.53. The zero-order chi connectivity index (χ0) is 8.39. The Morgan fingerprint density at radius 1 is 1.33 bits per heavy atom. The molecule has 1 saturated carbocycles. The summed E-state index contributed by atoms with van der Waals surface area (Å²) in [4.78, 5) is 8.13. The Kier molecular flexibility index (Phi) is 1.94. The SMILES string of the molecule is Cc1cnc(OC2CCC2)nc1. The molecule has 1 aromatic rings. The largest absolute Gasteiger partial charge is 0.460 e. The van der Waals surface area contributed by atoms with E-state index in [4.69, 9.17) is 4.74 Å². The van der Waals surface area contributed by atoms with E-state index in [-0.39, 0.29) is 0 Å². The molecule has 1 aromatic heterocycles. The second-order valence-corrected chi connectivity index (χ2v) is 3.21. The smallest absolute Gasteiger partial charge is 0.316 e. The fourth-order valence-corrected chi connectivity index (χ4v) is 1.08. The van der Waals surface area contributed by atoms with Crippen LogP contribution in [-0.4, -0.2) is 16.1 Å². The lowest BCUT2D eigenvalue weighted by Gasteiger charge is -2.24. The van der Waals surface area contributed by atoms with Crippen LogP contribution < -0.4 is 4.74 Å². The molecule has 0 saturated heterocycles. The summed E-state index contributed by atoms with van der Waals surface area (Å²) in [7, 11) is 0. The van der Waals surface area contributed by atoms with Gasteiger partial charge in [-0.25, -0.2) is 9.97 Å². The van der Waals surface area contributed by atoms with Crippen LogP contribution in [0.5, 0.6) is 6.01 Å². The molecule has 0 aliphatic heterocycles. The third-order valence-electron chi connectivity index (χ3n) is 2.08. The van der Waals surface area contributed by atoms with Crippen molar-refractivity contribution in [3.63, 3.8) is 0 Å². The van der Waals surface area contributed by atoms with Crippen molar-refractivity contribution in [3.05, 3.63) is 18.0 Å². The Morgan fingerprint density at radius 2 is 2.00 bits per heavy atom. The highest BCUT2D eigenvalue weighted by Gasteiger charge is 2.19. The van der Waals surface area contributed by atoms with E-state index >= 15 is 0 Å². The number of hydrogen-bond donors (Lipinski definition) is 0. The van der Waals surface area contributed by atoms with E-state index in [0.29, 0.717) is 12.1 Å². The first-order valence-electron chi connectivity index (χ1n) is 4.30. The summed E-state index contributed by atoms with van der Waals surface area (Å²) in [5, 5.41) is 0. The zero-order valence-electron chi connectivity index (χ0n) is 7.16. The van der Waals surface area contributed by atoms with Crippen molar-refractivity contribution in [2.24, 2.45) is 0 Å². The van der Waals surface area contributed by atoms with Crippen molar-refractivity contribution in [1.29, 1.82) is 0 Å². The molecule has 0 N–H and O–H groups in total. The Morgan fingerprint density at radius 3 is 2.50 bits per heavy atom. The number of nitrogens with zero attached hydrogens (tertiary/aromatic N) is 2. The van der Waals surface area contributed by atoms with Gasteiger partial charge in [0.1, 0.15) is 6.10 Å². The molecule has 0 aromatic carbocycles. The highest BCUT2D eigenvalue weighted by atomic mass is 16.5. The van der Waals surface area contributed by atoms with Gasteiger partial charge in [0.2, 0.25) is 0 Å². The minimum absolute atomic E-state index is 0.368. The summed E-state index contributed by atoms with van der Waals surface area (Å²) in [6.45, 7) is 1.97. The number of rotatable bonds is 2. The summed E-state index contributed by atoms with van der Waals surface area (Å²) >= 11 is 0. The quantitative estimate of drug-likeness (QED) is 0.667. The molecular weight excluding hydrogens is 152 g/mol. The molecule has 1 heterocycles. The summed E-state index contributed by atoms with van der Waals surface area (Å²) in [6.07, 6.45) is 7.50. The molecule has 12 heavy (non-hydrogen) atoms. The summed E-state index contributed by atoms with van der Waals surface area (Å²) in [5.74, 6) is 0. The molecule has 64 valence electrons. The fourth-order valence-electron chi connectivity index (χ4n) is 1.08. The average molecular weight is 164 g/mol. The minimum Gasteiger partial charge on any atom is -0.460 e. The lowest BCUT2D eigenvalue weighted by atomic mass is 9.96. The van der Waals surface area contributed by atoms with Gasteiger partial charge in [0.15, 0.2) is 0 Å². The maximum atomic E-state index is 5.48. The van der Waals surface area contributed by atoms with E-state index in [1.54, 1.807) is 12.4 Å². The summed E-state index contributed by atoms with van der Waals surface area (Å²) in [5.41, 5.74) is 1.07. The van der Waals surface area contributed by atoms with Crippen molar-refractivity contribution in [2.45, 2.75) is 32.3 Å². The maximum absolute atomic E-state index is 5.48. The Bertz CT molecular complexity index is 254. The number of aryl methyl sites for hydroxylation is 1. The van der Waals surface area contributed by atoms with Crippen molar-refractivity contribution in [2.75, 3.05) is 0 Å². The van der Waals surface area contributed by atoms with Gasteiger partial charge in [0, 0.05) is 12.4 Å². The third kappa shape index (κ3) is 1.55. The molecule has 0 spiro atoms. The molecule has 0 radical (unpaired) electrons. The van der Waals surface area contributed by atoms with E-state index in [1.165, 1.54) is 6.42 Å². The molecule has 1 aliphatic carbocycles. The Balaban J connectivity index is 1.98. The van der Waals surface area contributed by atoms with Crippen molar-refractivity contribution < 1.29 is 4.74 Å². The molecule has 3 nitrogen and oxygen atoms in total. The zero-order valence-corrected chi connectivity index (χ0v) is 7.16. The molecule has 2 rings (SSSR count). The highest BCUT2D eigenvalue weighted by Crippen LogP contribution is 2.22. The Labute approximate surface area is 71.8 Å². The molecule has 0 atom stereocenters. The van der Waals surface area contributed by atoms with Crippen LogP contribution in [0.3, 0.4) is 0 Å². The lowest BCUT2D eigenvalue weighted by Crippen LogP contribution is -2.25. The fraction of sp³-hybridized carbons (Fsp3) is 0.556. The first-order valence-corrected chi connectivity index (χ1v) is 4.30. The molecule has 0 bridgehead atoms. The van der Waals surface area contributed by atoms with Gasteiger partial charge >= 0.3 is 6.01 Å². The maximum Gasteiger partial charge on any atom is 0.316 e. The van der Waals surface area contributed by atoms with Crippen LogP contribution >= 0.6 is 0 Å². The summed E-state index contributed by atoms with van der Waals surface area (Å²) < 4.78 is 5.48. The third-order valence-corrected chi connectivity index (χ3v) is 2.08. The van der Waals surface area contributed by atoms with Crippen LogP contribution in [0.25, 0.3) is 0 Å². The number of aromatic nitrogens is 2. The highest BCUT2D eigenvalue weighted by molar-refractivity contribution is 5.05. The second kappa shape index (κ2) is 3.09. The lowest BCUT2D eigenvalue weighted by molar-refractivity contribution is 0.108. The minimum atomic E-state index is 0.368. The van der Waals surface area contributed by atoms with E-state index in [2.05, 4.69) is 9.97 Å². The molecule has 0 amide bonds. The van der Waals surface area contributed by atoms with Crippen molar-refractivity contribution in [1.82, 2.24) is 9.97 Å². The molecule has 0 unspecified atom stereocenters. The van der Waals surface area contributed by atoms with Gasteiger partial charge in [0.05, 0.1) is 0 Å². The summed E-state index contributed by atoms with van der Waals surface area (Å²) in [6, 6.07) is 0.519. The first-order chi connectivity index (χ1) is 5.84. The van der Waals surface area contributed by atoms with Crippen LogP contribution in [0.1, 0.15) is 24.8 Å². The van der Waals surface area contributed by atoms with Crippen LogP contribution in [0.4, 0.5) is 0 Å². The standard InChI is InChI=1S/C9H12N2O/c1-7-5-10-9(11-6-7)12-8-3-2-4-8/h5-6,8H,2-4H2,1H3. The van der Waals surface area contributed by atoms with Crippen molar-refractivity contribution in [3.8, 4) is 6.01 Å². The van der Waals surface area contributed by atoms with Gasteiger partial charge in [-0.1, -0.05) is 0 Å². The van der Waals surface area contributed by atoms with E-state index in [9.17, 15) is 0 Å². The molecule has 3 heteroatoms. The van der Waals surface area contributed by atoms with Crippen LogP contribution in [0, 0.1) is 6.92 Å². The number of ether oxygens (including phenoxy) is 1. The number of hydrogen-bond acceptors (Lipinski definition) is 3. The van der Waals surface area contributed by atoms with E-state index in [1.807, 2.05) is 6.92 Å². The van der Waals surface area contributed by atoms with Gasteiger partial charge in [-0.15, -0.1) is 0 Å². The van der Waals surface area contributed by atoms with Gasteiger partial charge in [-0.2, -0.15) is 0 Å². The van der Waals surface area contributed by atoms with Gasteiger partial charge < -0.3 is 4.74 Å². The monoisotopic (exact) mass is 164 g/mol. The predicted molar refractivity (Wildman–Crippen MR) is 45.0 cm³/mol. The molecular formula is C9H12N2O. The normalized spacial score (nSPS) is 17.1. The van der Waals surface area contributed by atoms with Crippen LogP contribution in [0.15, 0.2) is 12.4 Å². The van der Waals surface area contributed by atoms with Gasteiger partial charge in [-0.3, -0.25) is 0 Å². The van der Waals surface area contributed by atoms with Crippen LogP contribution in [-0.2, 0) is 0 Å². The van der Waals surface area contributed by atoms with E-state index < -0.39 is 0 Å². The van der Waals surface area contributed by atoms with Gasteiger partial charge in [-0.05, 0) is 31.7 Å². The average Bonchev–Trinajstić information content (AvgIpc) is 2.00. The Hall–Kier alpha value is -1.12. The second-order valence-electron chi connectivity index (χ2n) is 3.21. The topological polar surface area (TPSA) is 35.0 Å². The van der Waals surface area contributed by atoms with Gasteiger partial charge in [0.25, 0.3) is 0 Å². The van der Waals surface area contributed by atoms with Crippen LogP contribution in [0.2, 0.25) is 0 Å². The predicted octanol–water partition coefficient (Wildman–Crippen LogP) is 1.72. The molecule has 1 aliphatic rings. The van der Waals surface area contributed by atoms with E-state index in [0.717, 1.165) is 18.4 Å². The molecule has 1 fully saturated rings.